The summed E-state index contributed by atoms with van der Waals surface area (Å²) in [7, 11) is 1.69. The first-order chi connectivity index (χ1) is 7.36. The molecule has 0 spiro atoms. The van der Waals surface area contributed by atoms with Crippen molar-refractivity contribution in [2.45, 2.75) is 5.92 Å². The summed E-state index contributed by atoms with van der Waals surface area (Å²) in [6.45, 7) is 2.04. The minimum absolute atomic E-state index is 0.232. The average Bonchev–Trinajstić information content (AvgIpc) is 2.76. The van der Waals surface area contributed by atoms with Gasteiger partial charge in [0.25, 0.3) is 0 Å². The van der Waals surface area contributed by atoms with Crippen molar-refractivity contribution in [2.75, 3.05) is 26.8 Å². The Bertz CT molecular complexity index is 327. The fraction of sp³-hybridized carbons (Fsp3) is 0.500. The molecule has 82 valence electrons. The average molecular weight is 207 g/mol. The Kier molecular flexibility index (Phi) is 3.23. The highest BCUT2D eigenvalue weighted by molar-refractivity contribution is 5.37. The summed E-state index contributed by atoms with van der Waals surface area (Å²) in [6, 6.07) is 8.05. The summed E-state index contributed by atoms with van der Waals surface area (Å²) in [5.41, 5.74) is 1.20. The molecule has 2 N–H and O–H groups in total. The highest BCUT2D eigenvalue weighted by Crippen LogP contribution is 2.33. The molecule has 15 heavy (non-hydrogen) atoms. The van der Waals surface area contributed by atoms with Gasteiger partial charge in [0.05, 0.1) is 7.11 Å². The van der Waals surface area contributed by atoms with Gasteiger partial charge in [-0.2, -0.15) is 0 Å². The van der Waals surface area contributed by atoms with Crippen LogP contribution in [-0.4, -0.2) is 31.9 Å². The Morgan fingerprint density at radius 3 is 2.93 bits per heavy atom. The van der Waals surface area contributed by atoms with E-state index >= 15 is 0 Å². The Labute approximate surface area is 90.1 Å². The van der Waals surface area contributed by atoms with Crippen LogP contribution in [0.25, 0.3) is 0 Å². The van der Waals surface area contributed by atoms with E-state index in [0.717, 1.165) is 18.8 Å². The molecule has 2 rings (SSSR count). The van der Waals surface area contributed by atoms with E-state index in [1.54, 1.807) is 7.11 Å². The number of methoxy groups -OCH3 is 1. The van der Waals surface area contributed by atoms with Crippen molar-refractivity contribution in [1.82, 2.24) is 5.32 Å². The number of benzene rings is 1. The van der Waals surface area contributed by atoms with Gasteiger partial charge in [0, 0.05) is 31.5 Å². The van der Waals surface area contributed by atoms with E-state index in [1.165, 1.54) is 5.56 Å². The van der Waals surface area contributed by atoms with Gasteiger partial charge in [-0.15, -0.1) is 0 Å². The second-order valence-corrected chi connectivity index (χ2v) is 3.95. The number of para-hydroxylation sites is 1. The topological polar surface area (TPSA) is 41.5 Å². The van der Waals surface area contributed by atoms with E-state index in [4.69, 9.17) is 4.74 Å². The first-order valence-corrected chi connectivity index (χ1v) is 5.31. The quantitative estimate of drug-likeness (QED) is 0.776. The largest absolute Gasteiger partial charge is 0.496 e. The van der Waals surface area contributed by atoms with Crippen LogP contribution < -0.4 is 10.1 Å². The third-order valence-corrected chi connectivity index (χ3v) is 3.11. The van der Waals surface area contributed by atoms with Crippen LogP contribution in [-0.2, 0) is 0 Å². The Hall–Kier alpha value is -1.06. The molecule has 1 aromatic carbocycles. The van der Waals surface area contributed by atoms with Crippen LogP contribution in [0.2, 0.25) is 0 Å². The second kappa shape index (κ2) is 4.64. The molecule has 0 bridgehead atoms. The third-order valence-electron chi connectivity index (χ3n) is 3.11. The van der Waals surface area contributed by atoms with Crippen molar-refractivity contribution < 1.29 is 9.84 Å². The lowest BCUT2D eigenvalue weighted by molar-refractivity contribution is 0.225. The SMILES string of the molecule is COc1ccccc1[C@@H]1CNC[C@@H]1CO. The predicted octanol–water partition coefficient (Wildman–Crippen LogP) is 0.990. The summed E-state index contributed by atoms with van der Waals surface area (Å²) < 4.78 is 5.34. The van der Waals surface area contributed by atoms with Crippen molar-refractivity contribution >= 4 is 0 Å². The van der Waals surface area contributed by atoms with E-state index in [9.17, 15) is 5.11 Å². The number of ether oxygens (including phenoxy) is 1. The Morgan fingerprint density at radius 1 is 1.40 bits per heavy atom. The summed E-state index contributed by atoms with van der Waals surface area (Å²) in [5.74, 6) is 1.59. The Morgan fingerprint density at radius 2 is 2.20 bits per heavy atom. The number of aliphatic hydroxyl groups is 1. The molecule has 2 atom stereocenters. The highest BCUT2D eigenvalue weighted by Gasteiger charge is 2.29. The molecule has 0 radical (unpaired) electrons. The number of hydrogen-bond donors (Lipinski definition) is 2. The lowest BCUT2D eigenvalue weighted by atomic mass is 9.89. The van der Waals surface area contributed by atoms with Crippen molar-refractivity contribution in [3.05, 3.63) is 29.8 Å². The zero-order valence-electron chi connectivity index (χ0n) is 8.94. The standard InChI is InChI=1S/C12H17NO2/c1-15-12-5-3-2-4-10(12)11-7-13-6-9(11)8-14/h2-5,9,11,13-14H,6-8H2,1H3/t9-,11-/m1/s1. The molecule has 1 fully saturated rings. The van der Waals surface area contributed by atoms with Crippen molar-refractivity contribution in [3.63, 3.8) is 0 Å². The zero-order valence-corrected chi connectivity index (χ0v) is 8.94. The summed E-state index contributed by atoms with van der Waals surface area (Å²) in [6.07, 6.45) is 0. The maximum Gasteiger partial charge on any atom is 0.122 e. The van der Waals surface area contributed by atoms with Crippen molar-refractivity contribution in [1.29, 1.82) is 0 Å². The van der Waals surface area contributed by atoms with Crippen LogP contribution in [0, 0.1) is 5.92 Å². The monoisotopic (exact) mass is 207 g/mol. The predicted molar refractivity (Wildman–Crippen MR) is 59.2 cm³/mol. The summed E-state index contributed by atoms with van der Waals surface area (Å²) in [4.78, 5) is 0. The molecule has 1 heterocycles. The Balaban J connectivity index is 2.27. The fourth-order valence-electron chi connectivity index (χ4n) is 2.26. The van der Waals surface area contributed by atoms with Gasteiger partial charge >= 0.3 is 0 Å². The molecule has 0 unspecified atom stereocenters. The van der Waals surface area contributed by atoms with Crippen molar-refractivity contribution in [2.24, 2.45) is 5.92 Å². The molecule has 0 amide bonds. The molecule has 0 saturated carbocycles. The number of nitrogens with one attached hydrogen (secondary N) is 1. The van der Waals surface area contributed by atoms with Crippen LogP contribution >= 0.6 is 0 Å². The van der Waals surface area contributed by atoms with E-state index < -0.39 is 0 Å². The second-order valence-electron chi connectivity index (χ2n) is 3.95. The van der Waals surface area contributed by atoms with Crippen LogP contribution in [0.15, 0.2) is 24.3 Å². The lowest BCUT2D eigenvalue weighted by Gasteiger charge is -2.19. The zero-order chi connectivity index (χ0) is 10.7. The van der Waals surface area contributed by atoms with Crippen LogP contribution in [0.1, 0.15) is 11.5 Å². The molecule has 0 aliphatic carbocycles. The molecule has 1 aliphatic heterocycles. The normalized spacial score (nSPS) is 25.5. The van der Waals surface area contributed by atoms with E-state index in [1.807, 2.05) is 18.2 Å². The van der Waals surface area contributed by atoms with Crippen molar-refractivity contribution in [3.8, 4) is 5.75 Å². The minimum Gasteiger partial charge on any atom is -0.496 e. The maximum atomic E-state index is 9.28. The number of hydrogen-bond acceptors (Lipinski definition) is 3. The minimum atomic E-state index is 0.232. The maximum absolute atomic E-state index is 9.28. The first-order valence-electron chi connectivity index (χ1n) is 5.31. The smallest absolute Gasteiger partial charge is 0.122 e. The van der Waals surface area contributed by atoms with E-state index in [-0.39, 0.29) is 6.61 Å². The molecule has 1 aliphatic rings. The lowest BCUT2D eigenvalue weighted by Crippen LogP contribution is -2.15. The van der Waals surface area contributed by atoms with Gasteiger partial charge in [0.1, 0.15) is 5.75 Å². The van der Waals surface area contributed by atoms with Crippen LogP contribution in [0.3, 0.4) is 0 Å². The molecule has 1 saturated heterocycles. The van der Waals surface area contributed by atoms with Gasteiger partial charge in [-0.05, 0) is 11.6 Å². The summed E-state index contributed by atoms with van der Waals surface area (Å²) >= 11 is 0. The van der Waals surface area contributed by atoms with Crippen LogP contribution in [0.5, 0.6) is 5.75 Å². The summed E-state index contributed by atoms with van der Waals surface area (Å²) in [5, 5.41) is 12.6. The first kappa shape index (κ1) is 10.5. The molecule has 0 aromatic heterocycles. The van der Waals surface area contributed by atoms with Crippen LogP contribution in [0.4, 0.5) is 0 Å². The van der Waals surface area contributed by atoms with Gasteiger partial charge < -0.3 is 15.2 Å². The molecular formula is C12H17NO2. The van der Waals surface area contributed by atoms with Gasteiger partial charge in [0.2, 0.25) is 0 Å². The van der Waals surface area contributed by atoms with E-state index in [2.05, 4.69) is 11.4 Å². The molecular weight excluding hydrogens is 190 g/mol. The highest BCUT2D eigenvalue weighted by atomic mass is 16.5. The number of rotatable bonds is 3. The molecule has 1 aromatic rings. The third kappa shape index (κ3) is 1.98. The fourth-order valence-corrected chi connectivity index (χ4v) is 2.26. The van der Waals surface area contributed by atoms with Gasteiger partial charge in [-0.1, -0.05) is 18.2 Å². The van der Waals surface area contributed by atoms with E-state index in [0.29, 0.717) is 11.8 Å². The number of aliphatic hydroxyl groups excluding tert-OH is 1. The van der Waals surface area contributed by atoms with Gasteiger partial charge in [-0.25, -0.2) is 0 Å². The van der Waals surface area contributed by atoms with Gasteiger partial charge in [0.15, 0.2) is 0 Å². The van der Waals surface area contributed by atoms with Gasteiger partial charge in [-0.3, -0.25) is 0 Å². The molecule has 3 heteroatoms. The molecule has 3 nitrogen and oxygen atoms in total.